The van der Waals surface area contributed by atoms with E-state index in [1.807, 2.05) is 0 Å². The van der Waals surface area contributed by atoms with Crippen LogP contribution in [0.3, 0.4) is 0 Å². The molecule has 36 heavy (non-hydrogen) atoms. The molecule has 0 unspecified atom stereocenters. The number of hydrogen-bond acceptors (Lipinski definition) is 6. The molecule has 0 aliphatic carbocycles. The highest BCUT2D eigenvalue weighted by Crippen LogP contribution is 2.34. The summed E-state index contributed by atoms with van der Waals surface area (Å²) in [5.74, 6) is 0.228. The molecule has 0 radical (unpaired) electrons. The number of alkyl halides is 3. The predicted molar refractivity (Wildman–Crippen MR) is 141 cm³/mol. The molecule has 2 heterocycles. The van der Waals surface area contributed by atoms with Gasteiger partial charge >= 0.3 is 6.18 Å². The van der Waals surface area contributed by atoms with Crippen LogP contribution in [-0.4, -0.2) is 60.9 Å². The third kappa shape index (κ3) is 7.43. The second-order valence-corrected chi connectivity index (χ2v) is 10.7. The maximum absolute atomic E-state index is 13.0. The van der Waals surface area contributed by atoms with Crippen LogP contribution >= 0.6 is 35.3 Å². The van der Waals surface area contributed by atoms with E-state index in [-0.39, 0.29) is 16.3 Å². The van der Waals surface area contributed by atoms with E-state index in [4.69, 9.17) is 23.2 Å². The lowest BCUT2D eigenvalue weighted by molar-refractivity contribution is -0.137. The van der Waals surface area contributed by atoms with Crippen LogP contribution in [0.4, 0.5) is 24.5 Å². The maximum atomic E-state index is 13.0. The van der Waals surface area contributed by atoms with Gasteiger partial charge in [-0.15, -0.1) is 0 Å². The van der Waals surface area contributed by atoms with Gasteiger partial charge in [0.2, 0.25) is 0 Å². The molecule has 2 aliphatic rings. The lowest BCUT2D eigenvalue weighted by atomic mass is 9.97. The van der Waals surface area contributed by atoms with E-state index >= 15 is 0 Å². The summed E-state index contributed by atoms with van der Waals surface area (Å²) in [4.78, 5) is 15.5. The fourth-order valence-electron chi connectivity index (χ4n) is 4.32. The summed E-state index contributed by atoms with van der Waals surface area (Å²) < 4.78 is 44.2. The molecule has 6 nitrogen and oxygen atoms in total. The summed E-state index contributed by atoms with van der Waals surface area (Å²) in [6.07, 6.45) is -2.06. The summed E-state index contributed by atoms with van der Waals surface area (Å²) in [7, 11) is 0. The number of carbonyl (C=O) groups excluding carboxylic acids is 1. The number of amides is 1. The van der Waals surface area contributed by atoms with Gasteiger partial charge in [0.1, 0.15) is 0 Å². The average molecular weight is 562 g/mol. The molecule has 2 fully saturated rings. The molecule has 4 rings (SSSR count). The topological polar surface area (TPSA) is 59.6 Å². The fraction of sp³-hybridized carbons (Fsp3) is 0.458. The molecule has 2 aromatic carbocycles. The van der Waals surface area contributed by atoms with Crippen molar-refractivity contribution in [1.82, 2.24) is 14.5 Å². The standard InChI is InChI=1S/C24H28Cl2F3N5OS/c25-18-2-4-21(32-36-34-11-9-33(10-12-34)15-16-5-7-30-8-6-16)19(14-18)23(35)31-22-3-1-17(13-20(22)26)24(27,28)29/h1-4,13-14,16,30,32H,5-12,15H2,(H,31,35). The summed E-state index contributed by atoms with van der Waals surface area (Å²) in [5, 5.41) is 6.15. The Morgan fingerprint density at radius 2 is 1.72 bits per heavy atom. The minimum atomic E-state index is -4.52. The first kappa shape index (κ1) is 27.3. The van der Waals surface area contributed by atoms with Crippen molar-refractivity contribution in [3.63, 3.8) is 0 Å². The van der Waals surface area contributed by atoms with Crippen LogP contribution in [0.25, 0.3) is 0 Å². The third-order valence-electron chi connectivity index (χ3n) is 6.36. The fourth-order valence-corrected chi connectivity index (χ4v) is 5.47. The van der Waals surface area contributed by atoms with Crippen LogP contribution < -0.4 is 15.4 Å². The molecule has 2 aliphatic heterocycles. The van der Waals surface area contributed by atoms with Crippen molar-refractivity contribution in [3.05, 3.63) is 57.6 Å². The van der Waals surface area contributed by atoms with Gasteiger partial charge in [0.15, 0.2) is 0 Å². The van der Waals surface area contributed by atoms with Crippen molar-refractivity contribution in [1.29, 1.82) is 0 Å². The van der Waals surface area contributed by atoms with E-state index in [1.165, 1.54) is 31.0 Å². The number of halogens is 5. The monoisotopic (exact) mass is 561 g/mol. The number of benzene rings is 2. The number of piperidine rings is 1. The van der Waals surface area contributed by atoms with Crippen LogP contribution in [0.2, 0.25) is 10.0 Å². The third-order valence-corrected chi connectivity index (χ3v) is 7.84. The molecule has 196 valence electrons. The van der Waals surface area contributed by atoms with Crippen molar-refractivity contribution in [2.24, 2.45) is 5.92 Å². The molecule has 0 saturated carbocycles. The van der Waals surface area contributed by atoms with Crippen LogP contribution in [0.5, 0.6) is 0 Å². The Morgan fingerprint density at radius 3 is 2.39 bits per heavy atom. The Morgan fingerprint density at radius 1 is 1.03 bits per heavy atom. The second kappa shape index (κ2) is 12.2. The molecule has 0 aromatic heterocycles. The lowest BCUT2D eigenvalue weighted by Gasteiger charge is -2.36. The number of nitrogens with zero attached hydrogens (tertiary/aromatic N) is 2. The van der Waals surface area contributed by atoms with Gasteiger partial charge in [-0.05, 0) is 68.2 Å². The molecule has 12 heteroatoms. The SMILES string of the molecule is O=C(Nc1ccc(C(F)(F)F)cc1Cl)c1cc(Cl)ccc1NSN1CCN(CC2CCNCC2)CC1. The highest BCUT2D eigenvalue weighted by atomic mass is 35.5. The Kier molecular flexibility index (Phi) is 9.29. The van der Waals surface area contributed by atoms with Gasteiger partial charge in [-0.1, -0.05) is 23.2 Å². The van der Waals surface area contributed by atoms with E-state index in [2.05, 4.69) is 24.6 Å². The van der Waals surface area contributed by atoms with E-state index in [0.29, 0.717) is 10.7 Å². The van der Waals surface area contributed by atoms with Crippen molar-refractivity contribution < 1.29 is 18.0 Å². The van der Waals surface area contributed by atoms with Crippen molar-refractivity contribution >= 4 is 52.6 Å². The average Bonchev–Trinajstić information content (AvgIpc) is 2.85. The molecule has 2 saturated heterocycles. The van der Waals surface area contributed by atoms with Crippen molar-refractivity contribution in [2.75, 3.05) is 55.9 Å². The Hall–Kier alpha value is -1.69. The number of carbonyl (C=O) groups is 1. The molecule has 0 bridgehead atoms. The number of nitrogens with one attached hydrogen (secondary N) is 3. The highest BCUT2D eigenvalue weighted by molar-refractivity contribution is 7.98. The van der Waals surface area contributed by atoms with E-state index in [1.54, 1.807) is 12.1 Å². The Balaban J connectivity index is 1.34. The number of rotatable bonds is 7. The first-order valence-electron chi connectivity index (χ1n) is 11.8. The largest absolute Gasteiger partial charge is 0.416 e. The summed E-state index contributed by atoms with van der Waals surface area (Å²) in [5.41, 5.74) is -0.00134. The van der Waals surface area contributed by atoms with Gasteiger partial charge in [0, 0.05) is 49.9 Å². The van der Waals surface area contributed by atoms with Crippen molar-refractivity contribution in [3.8, 4) is 0 Å². The summed E-state index contributed by atoms with van der Waals surface area (Å²) >= 11 is 13.5. The highest BCUT2D eigenvalue weighted by Gasteiger charge is 2.31. The van der Waals surface area contributed by atoms with Crippen LogP contribution in [0.1, 0.15) is 28.8 Å². The molecule has 0 spiro atoms. The van der Waals surface area contributed by atoms with Gasteiger partial charge in [0.05, 0.1) is 27.5 Å². The zero-order valence-corrected chi connectivity index (χ0v) is 21.8. The molecule has 3 N–H and O–H groups in total. The van der Waals surface area contributed by atoms with E-state index in [9.17, 15) is 18.0 Å². The summed E-state index contributed by atoms with van der Waals surface area (Å²) in [6.45, 7) is 7.09. The van der Waals surface area contributed by atoms with E-state index in [0.717, 1.165) is 69.9 Å². The predicted octanol–water partition coefficient (Wildman–Crippen LogP) is 5.86. The molecule has 2 aromatic rings. The second-order valence-electron chi connectivity index (χ2n) is 8.95. The zero-order chi connectivity index (χ0) is 25.7. The zero-order valence-electron chi connectivity index (χ0n) is 19.5. The number of piperazine rings is 1. The normalized spacial score (nSPS) is 18.2. The van der Waals surface area contributed by atoms with Crippen molar-refractivity contribution in [2.45, 2.75) is 19.0 Å². The van der Waals surface area contributed by atoms with Crippen LogP contribution in [-0.2, 0) is 6.18 Å². The first-order valence-corrected chi connectivity index (χ1v) is 13.3. The van der Waals surface area contributed by atoms with Gasteiger partial charge < -0.3 is 20.3 Å². The van der Waals surface area contributed by atoms with Gasteiger partial charge in [0.25, 0.3) is 5.91 Å². The number of hydrogen-bond donors (Lipinski definition) is 3. The quantitative estimate of drug-likeness (QED) is 0.368. The van der Waals surface area contributed by atoms with Crippen LogP contribution in [0, 0.1) is 5.92 Å². The minimum Gasteiger partial charge on any atom is -0.321 e. The van der Waals surface area contributed by atoms with Gasteiger partial charge in [-0.3, -0.25) is 4.79 Å². The molecule has 1 amide bonds. The Labute approximate surface area is 223 Å². The van der Waals surface area contributed by atoms with E-state index < -0.39 is 17.6 Å². The smallest absolute Gasteiger partial charge is 0.321 e. The lowest BCUT2D eigenvalue weighted by Crippen LogP contribution is -2.46. The maximum Gasteiger partial charge on any atom is 0.416 e. The summed E-state index contributed by atoms with van der Waals surface area (Å²) in [6, 6.07) is 7.68. The molecular weight excluding hydrogens is 534 g/mol. The Bertz CT molecular complexity index is 1060. The number of anilines is 2. The minimum absolute atomic E-state index is 0.0816. The first-order chi connectivity index (χ1) is 17.2. The van der Waals surface area contributed by atoms with Gasteiger partial charge in [-0.2, -0.15) is 13.2 Å². The molecule has 0 atom stereocenters. The van der Waals surface area contributed by atoms with Gasteiger partial charge in [-0.25, -0.2) is 4.31 Å². The molecular formula is C24H28Cl2F3N5OS. The van der Waals surface area contributed by atoms with Crippen LogP contribution in [0.15, 0.2) is 36.4 Å².